The molecule has 2 aliphatic rings. The van der Waals surface area contributed by atoms with Gasteiger partial charge in [-0.1, -0.05) is 30.5 Å². The van der Waals surface area contributed by atoms with E-state index in [4.69, 9.17) is 11.6 Å². The van der Waals surface area contributed by atoms with Gasteiger partial charge in [0.1, 0.15) is 0 Å². The van der Waals surface area contributed by atoms with Crippen LogP contribution in [0.15, 0.2) is 29.2 Å². The Bertz CT molecular complexity index is 721. The van der Waals surface area contributed by atoms with E-state index >= 15 is 0 Å². The Morgan fingerprint density at radius 1 is 1.20 bits per heavy atom. The quantitative estimate of drug-likeness (QED) is 0.847. The molecule has 25 heavy (non-hydrogen) atoms. The Balaban J connectivity index is 1.55. The molecule has 138 valence electrons. The van der Waals surface area contributed by atoms with Crippen LogP contribution in [-0.2, 0) is 14.8 Å². The molecule has 0 spiro atoms. The van der Waals surface area contributed by atoms with Gasteiger partial charge in [-0.05, 0) is 49.8 Å². The van der Waals surface area contributed by atoms with Gasteiger partial charge in [-0.25, -0.2) is 13.1 Å². The lowest BCUT2D eigenvalue weighted by Gasteiger charge is -2.44. The number of rotatable bonds is 5. The van der Waals surface area contributed by atoms with Gasteiger partial charge in [-0.15, -0.1) is 0 Å². The summed E-state index contributed by atoms with van der Waals surface area (Å²) in [6.07, 6.45) is 7.23. The highest BCUT2D eigenvalue weighted by Gasteiger charge is 2.35. The number of hydrogen-bond acceptors (Lipinski definition) is 3. The fourth-order valence-electron chi connectivity index (χ4n) is 4.09. The average molecular weight is 385 g/mol. The Morgan fingerprint density at radius 3 is 2.76 bits per heavy atom. The molecular formula is C18H25ClN2O3S. The number of amides is 1. The second-order valence-electron chi connectivity index (χ2n) is 6.95. The van der Waals surface area contributed by atoms with E-state index in [0.29, 0.717) is 17.0 Å². The molecule has 1 amide bonds. The number of nitrogens with one attached hydrogen (secondary N) is 1. The number of sulfonamides is 1. The molecule has 0 bridgehead atoms. The van der Waals surface area contributed by atoms with Crippen LogP contribution in [0.5, 0.6) is 0 Å². The van der Waals surface area contributed by atoms with E-state index in [-0.39, 0.29) is 23.8 Å². The van der Waals surface area contributed by atoms with Crippen LogP contribution in [0.25, 0.3) is 0 Å². The van der Waals surface area contributed by atoms with Crippen molar-refractivity contribution in [3.63, 3.8) is 0 Å². The van der Waals surface area contributed by atoms with E-state index in [1.165, 1.54) is 37.8 Å². The molecule has 1 aromatic carbocycles. The fourth-order valence-corrected chi connectivity index (χ4v) is 5.42. The van der Waals surface area contributed by atoms with Crippen molar-refractivity contribution in [3.8, 4) is 0 Å². The summed E-state index contributed by atoms with van der Waals surface area (Å²) in [5, 5.41) is 0.371. The summed E-state index contributed by atoms with van der Waals surface area (Å²) in [5.74, 6) is 0.694. The number of piperidine rings is 1. The van der Waals surface area contributed by atoms with Crippen molar-refractivity contribution in [2.24, 2.45) is 5.92 Å². The van der Waals surface area contributed by atoms with Gasteiger partial charge < -0.3 is 4.90 Å². The minimum atomic E-state index is -3.64. The second-order valence-corrected chi connectivity index (χ2v) is 9.15. The second kappa shape index (κ2) is 8.06. The molecule has 1 aliphatic heterocycles. The third-order valence-electron chi connectivity index (χ3n) is 5.30. The van der Waals surface area contributed by atoms with Crippen molar-refractivity contribution in [2.45, 2.75) is 55.9 Å². The van der Waals surface area contributed by atoms with Crippen LogP contribution in [0.2, 0.25) is 5.02 Å². The van der Waals surface area contributed by atoms with Gasteiger partial charge in [0, 0.05) is 30.6 Å². The number of halogens is 1. The molecular weight excluding hydrogens is 360 g/mol. The predicted molar refractivity (Wildman–Crippen MR) is 98.0 cm³/mol. The number of fused-ring (bicyclic) bond motifs is 1. The Morgan fingerprint density at radius 2 is 1.96 bits per heavy atom. The summed E-state index contributed by atoms with van der Waals surface area (Å²) < 4.78 is 27.1. The molecule has 1 saturated carbocycles. The molecule has 1 heterocycles. The van der Waals surface area contributed by atoms with Crippen LogP contribution in [0.1, 0.15) is 44.9 Å². The standard InChI is InChI=1S/C18H25ClN2O3S/c19-15-7-3-8-16(13-15)25(23,24)20-11-10-18(22)21-12-4-6-14-5-1-2-9-17(14)21/h3,7-8,13-14,17,20H,1-2,4-6,9-12H2. The summed E-state index contributed by atoms with van der Waals surface area (Å²) in [7, 11) is -3.64. The lowest BCUT2D eigenvalue weighted by molar-refractivity contribution is -0.137. The van der Waals surface area contributed by atoms with Gasteiger partial charge in [0.15, 0.2) is 0 Å². The number of benzene rings is 1. The van der Waals surface area contributed by atoms with Gasteiger partial charge >= 0.3 is 0 Å². The molecule has 1 aliphatic carbocycles. The summed E-state index contributed by atoms with van der Waals surface area (Å²) in [6, 6.07) is 6.48. The van der Waals surface area contributed by atoms with E-state index in [1.54, 1.807) is 12.1 Å². The zero-order valence-corrected chi connectivity index (χ0v) is 15.9. The Hall–Kier alpha value is -1.11. The number of carbonyl (C=O) groups is 1. The third kappa shape index (κ3) is 4.54. The molecule has 0 aromatic heterocycles. The number of carbonyl (C=O) groups excluding carboxylic acids is 1. The maximum atomic E-state index is 12.6. The number of likely N-dealkylation sites (tertiary alicyclic amines) is 1. The topological polar surface area (TPSA) is 66.5 Å². The minimum Gasteiger partial charge on any atom is -0.339 e. The SMILES string of the molecule is O=C(CCNS(=O)(=O)c1cccc(Cl)c1)N1CCCC2CCCCC21. The number of hydrogen-bond donors (Lipinski definition) is 1. The fraction of sp³-hybridized carbons (Fsp3) is 0.611. The lowest BCUT2D eigenvalue weighted by atomic mass is 9.78. The monoisotopic (exact) mass is 384 g/mol. The van der Waals surface area contributed by atoms with Crippen molar-refractivity contribution in [2.75, 3.05) is 13.1 Å². The molecule has 1 N–H and O–H groups in total. The molecule has 0 radical (unpaired) electrons. The highest BCUT2D eigenvalue weighted by Crippen LogP contribution is 2.35. The van der Waals surface area contributed by atoms with Crippen LogP contribution in [-0.4, -0.2) is 38.4 Å². The van der Waals surface area contributed by atoms with Crippen LogP contribution >= 0.6 is 11.6 Å². The molecule has 2 atom stereocenters. The number of nitrogens with zero attached hydrogens (tertiary/aromatic N) is 1. The third-order valence-corrected chi connectivity index (χ3v) is 6.99. The first-order valence-corrected chi connectivity index (χ1v) is 10.9. The molecule has 5 nitrogen and oxygen atoms in total. The first-order valence-electron chi connectivity index (χ1n) is 9.02. The largest absolute Gasteiger partial charge is 0.339 e. The summed E-state index contributed by atoms with van der Waals surface area (Å²) in [5.41, 5.74) is 0. The van der Waals surface area contributed by atoms with Crippen LogP contribution in [0.4, 0.5) is 0 Å². The van der Waals surface area contributed by atoms with E-state index in [0.717, 1.165) is 19.4 Å². The van der Waals surface area contributed by atoms with Crippen molar-refractivity contribution in [1.82, 2.24) is 9.62 Å². The molecule has 1 saturated heterocycles. The van der Waals surface area contributed by atoms with Crippen molar-refractivity contribution < 1.29 is 13.2 Å². The van der Waals surface area contributed by atoms with Gasteiger partial charge in [0.25, 0.3) is 0 Å². The molecule has 7 heteroatoms. The summed E-state index contributed by atoms with van der Waals surface area (Å²) in [6.45, 7) is 0.919. The molecule has 1 aromatic rings. The van der Waals surface area contributed by atoms with E-state index < -0.39 is 10.0 Å². The average Bonchev–Trinajstić information content (AvgIpc) is 2.61. The molecule has 3 rings (SSSR count). The van der Waals surface area contributed by atoms with E-state index in [9.17, 15) is 13.2 Å². The highest BCUT2D eigenvalue weighted by atomic mass is 35.5. The zero-order chi connectivity index (χ0) is 17.9. The van der Waals surface area contributed by atoms with Crippen molar-refractivity contribution in [3.05, 3.63) is 29.3 Å². The van der Waals surface area contributed by atoms with E-state index in [1.807, 2.05) is 4.90 Å². The summed E-state index contributed by atoms with van der Waals surface area (Å²) >= 11 is 5.85. The van der Waals surface area contributed by atoms with Crippen LogP contribution < -0.4 is 4.72 Å². The van der Waals surface area contributed by atoms with Crippen molar-refractivity contribution in [1.29, 1.82) is 0 Å². The van der Waals surface area contributed by atoms with E-state index in [2.05, 4.69) is 4.72 Å². The van der Waals surface area contributed by atoms with Gasteiger partial charge in [-0.3, -0.25) is 4.79 Å². The van der Waals surface area contributed by atoms with Crippen LogP contribution in [0.3, 0.4) is 0 Å². The Labute approximate surface area is 154 Å². The van der Waals surface area contributed by atoms with Crippen molar-refractivity contribution >= 4 is 27.5 Å². The van der Waals surface area contributed by atoms with Gasteiger partial charge in [0.2, 0.25) is 15.9 Å². The van der Waals surface area contributed by atoms with Crippen LogP contribution in [0, 0.1) is 5.92 Å². The normalized spacial score (nSPS) is 24.0. The maximum Gasteiger partial charge on any atom is 0.240 e. The Kier molecular flexibility index (Phi) is 6.02. The molecule has 2 unspecified atom stereocenters. The van der Waals surface area contributed by atoms with Gasteiger partial charge in [-0.2, -0.15) is 0 Å². The zero-order valence-electron chi connectivity index (χ0n) is 14.3. The highest BCUT2D eigenvalue weighted by molar-refractivity contribution is 7.89. The molecule has 2 fully saturated rings. The van der Waals surface area contributed by atoms with Gasteiger partial charge in [0.05, 0.1) is 4.90 Å². The predicted octanol–water partition coefficient (Wildman–Crippen LogP) is 3.19. The summed E-state index contributed by atoms with van der Waals surface area (Å²) in [4.78, 5) is 14.7. The first-order chi connectivity index (χ1) is 12.0. The smallest absolute Gasteiger partial charge is 0.240 e. The lowest BCUT2D eigenvalue weighted by Crippen LogP contribution is -2.50. The minimum absolute atomic E-state index is 0.0606. The first kappa shape index (κ1) is 18.7. The maximum absolute atomic E-state index is 12.6.